The Balaban J connectivity index is 1.47. The van der Waals surface area contributed by atoms with E-state index >= 15 is 0 Å². The highest BCUT2D eigenvalue weighted by molar-refractivity contribution is 7.80. The third-order valence-corrected chi connectivity index (χ3v) is 5.42. The number of esters is 1. The van der Waals surface area contributed by atoms with Crippen molar-refractivity contribution in [2.45, 2.75) is 25.8 Å². The van der Waals surface area contributed by atoms with Crippen molar-refractivity contribution >= 4 is 46.3 Å². The number of carbonyl (C=O) groups is 1. The van der Waals surface area contributed by atoms with Gasteiger partial charge in [-0.1, -0.05) is 29.8 Å². The molecule has 5 nitrogen and oxygen atoms in total. The Kier molecular flexibility index (Phi) is 6.75. The second kappa shape index (κ2) is 9.26. The van der Waals surface area contributed by atoms with Crippen LogP contribution in [0.1, 0.15) is 29.3 Å². The van der Waals surface area contributed by atoms with Gasteiger partial charge in [-0.2, -0.15) is 0 Å². The van der Waals surface area contributed by atoms with Gasteiger partial charge in [0.25, 0.3) is 0 Å². The van der Waals surface area contributed by atoms with E-state index in [9.17, 15) is 4.79 Å². The van der Waals surface area contributed by atoms with Gasteiger partial charge in [-0.25, -0.2) is 4.79 Å². The summed E-state index contributed by atoms with van der Waals surface area (Å²) in [5.41, 5.74) is 3.75. The molecule has 1 atom stereocenters. The van der Waals surface area contributed by atoms with Crippen LogP contribution in [0.25, 0.3) is 0 Å². The minimum Gasteiger partial charge on any atom is -0.465 e. The summed E-state index contributed by atoms with van der Waals surface area (Å²) in [6.07, 6.45) is 2.07. The number of fused-ring (bicyclic) bond motifs is 1. The zero-order valence-electron chi connectivity index (χ0n) is 16.0. The van der Waals surface area contributed by atoms with Gasteiger partial charge in [0.2, 0.25) is 0 Å². The molecule has 0 bridgehead atoms. The molecule has 0 saturated carbocycles. The van der Waals surface area contributed by atoms with Crippen molar-refractivity contribution in [3.8, 4) is 0 Å². The summed E-state index contributed by atoms with van der Waals surface area (Å²) in [5.74, 6) is -0.479. The molecule has 2 aromatic carbocycles. The van der Waals surface area contributed by atoms with E-state index in [-0.39, 0.29) is 0 Å². The van der Waals surface area contributed by atoms with E-state index in [2.05, 4.69) is 46.7 Å². The van der Waals surface area contributed by atoms with Gasteiger partial charge >= 0.3 is 5.97 Å². The molecule has 0 aliphatic carbocycles. The number of rotatable bonds is 6. The number of nitrogens with one attached hydrogen (secondary N) is 2. The number of methoxy groups -OCH3 is 1. The summed E-state index contributed by atoms with van der Waals surface area (Å²) < 4.78 is 4.73. The Bertz CT molecular complexity index is 874. The zero-order chi connectivity index (χ0) is 20.1. The van der Waals surface area contributed by atoms with Crippen molar-refractivity contribution in [1.29, 1.82) is 0 Å². The lowest BCUT2D eigenvalue weighted by Gasteiger charge is -2.25. The quantitative estimate of drug-likeness (QED) is 0.416. The standard InChI is InChI=1S/C21H24ClN3O2S/c1-14-12-15-6-3-4-7-19(15)25(14)11-5-10-23-21(28)24-16-8-9-18(22)17(13-16)20(26)27-2/h3-4,6-9,13-14H,5,10-12H2,1-2H3,(H2,23,24,28)/t14-/m0/s1. The van der Waals surface area contributed by atoms with Crippen LogP contribution in [-0.4, -0.2) is 37.3 Å². The van der Waals surface area contributed by atoms with Crippen molar-refractivity contribution in [2.24, 2.45) is 0 Å². The second-order valence-electron chi connectivity index (χ2n) is 6.80. The fraction of sp³-hybridized carbons (Fsp3) is 0.333. The monoisotopic (exact) mass is 417 g/mol. The average Bonchev–Trinajstić information content (AvgIpc) is 3.01. The largest absolute Gasteiger partial charge is 0.465 e. The molecule has 0 amide bonds. The summed E-state index contributed by atoms with van der Waals surface area (Å²) in [4.78, 5) is 14.2. The molecule has 0 radical (unpaired) electrons. The molecule has 0 saturated heterocycles. The normalized spacial score (nSPS) is 15.1. The molecule has 2 N–H and O–H groups in total. The maximum atomic E-state index is 11.7. The van der Waals surface area contributed by atoms with Gasteiger partial charge in [0.05, 0.1) is 17.7 Å². The van der Waals surface area contributed by atoms with Gasteiger partial charge in [0, 0.05) is 30.5 Å². The molecule has 0 fully saturated rings. The number of carbonyl (C=O) groups excluding carboxylic acids is 1. The van der Waals surface area contributed by atoms with Gasteiger partial charge in [-0.3, -0.25) is 0 Å². The SMILES string of the molecule is COC(=O)c1cc(NC(=S)NCCCN2c3ccccc3C[C@@H]2C)ccc1Cl. The predicted octanol–water partition coefficient (Wildman–Crippen LogP) is 4.25. The molecule has 1 aliphatic rings. The van der Waals surface area contributed by atoms with Gasteiger partial charge < -0.3 is 20.3 Å². The molecular weight excluding hydrogens is 394 g/mol. The van der Waals surface area contributed by atoms with Gasteiger partial charge in [-0.15, -0.1) is 0 Å². The number of benzene rings is 2. The van der Waals surface area contributed by atoms with Crippen molar-refractivity contribution in [2.75, 3.05) is 30.4 Å². The lowest BCUT2D eigenvalue weighted by Crippen LogP contribution is -2.34. The maximum absolute atomic E-state index is 11.7. The molecule has 0 spiro atoms. The second-order valence-corrected chi connectivity index (χ2v) is 7.61. The van der Waals surface area contributed by atoms with E-state index < -0.39 is 5.97 Å². The van der Waals surface area contributed by atoms with Gasteiger partial charge in [0.1, 0.15) is 0 Å². The van der Waals surface area contributed by atoms with Gasteiger partial charge in [-0.05, 0) is 61.8 Å². The highest BCUT2D eigenvalue weighted by Crippen LogP contribution is 2.31. The Morgan fingerprint density at radius 3 is 2.89 bits per heavy atom. The fourth-order valence-electron chi connectivity index (χ4n) is 3.47. The van der Waals surface area contributed by atoms with Crippen LogP contribution in [-0.2, 0) is 11.2 Å². The van der Waals surface area contributed by atoms with E-state index in [1.165, 1.54) is 18.4 Å². The van der Waals surface area contributed by atoms with E-state index in [0.29, 0.717) is 27.4 Å². The topological polar surface area (TPSA) is 53.6 Å². The molecule has 0 aromatic heterocycles. The fourth-order valence-corrected chi connectivity index (χ4v) is 3.88. The Morgan fingerprint density at radius 2 is 2.11 bits per heavy atom. The number of anilines is 2. The summed E-state index contributed by atoms with van der Waals surface area (Å²) in [5, 5.41) is 7.15. The number of hydrogen-bond donors (Lipinski definition) is 2. The summed E-state index contributed by atoms with van der Waals surface area (Å²) in [6.45, 7) is 3.99. The highest BCUT2D eigenvalue weighted by atomic mass is 35.5. The number of ether oxygens (including phenoxy) is 1. The van der Waals surface area contributed by atoms with Crippen LogP contribution in [0.4, 0.5) is 11.4 Å². The third kappa shape index (κ3) is 4.75. The number of nitrogens with zero attached hydrogens (tertiary/aromatic N) is 1. The Morgan fingerprint density at radius 1 is 1.32 bits per heavy atom. The molecule has 1 heterocycles. The molecule has 28 heavy (non-hydrogen) atoms. The van der Waals surface area contributed by atoms with Crippen molar-refractivity contribution in [3.63, 3.8) is 0 Å². The van der Waals surface area contributed by atoms with E-state index in [4.69, 9.17) is 28.6 Å². The number of halogens is 1. The minimum atomic E-state index is -0.479. The van der Waals surface area contributed by atoms with Crippen LogP contribution in [0, 0.1) is 0 Å². The van der Waals surface area contributed by atoms with Crippen LogP contribution >= 0.6 is 23.8 Å². The molecule has 148 valence electrons. The average molecular weight is 418 g/mol. The summed E-state index contributed by atoms with van der Waals surface area (Å²) >= 11 is 11.4. The van der Waals surface area contributed by atoms with E-state index in [1.807, 2.05) is 0 Å². The Labute approximate surface area is 176 Å². The van der Waals surface area contributed by atoms with Crippen molar-refractivity contribution < 1.29 is 9.53 Å². The molecule has 2 aromatic rings. The number of hydrogen-bond acceptors (Lipinski definition) is 4. The first-order valence-electron chi connectivity index (χ1n) is 9.27. The van der Waals surface area contributed by atoms with Crippen molar-refractivity contribution in [3.05, 3.63) is 58.6 Å². The van der Waals surface area contributed by atoms with Crippen LogP contribution < -0.4 is 15.5 Å². The minimum absolute atomic E-state index is 0.304. The third-order valence-electron chi connectivity index (χ3n) is 4.84. The molecule has 0 unspecified atom stereocenters. The molecule has 3 rings (SSSR count). The van der Waals surface area contributed by atoms with Crippen LogP contribution in [0.5, 0.6) is 0 Å². The van der Waals surface area contributed by atoms with Crippen LogP contribution in [0.2, 0.25) is 5.02 Å². The first kappa shape index (κ1) is 20.4. The maximum Gasteiger partial charge on any atom is 0.339 e. The number of thiocarbonyl (C=S) groups is 1. The van der Waals surface area contributed by atoms with E-state index in [0.717, 1.165) is 25.9 Å². The lowest BCUT2D eigenvalue weighted by molar-refractivity contribution is 0.0601. The highest BCUT2D eigenvalue weighted by Gasteiger charge is 2.24. The van der Waals surface area contributed by atoms with Crippen molar-refractivity contribution in [1.82, 2.24) is 5.32 Å². The number of para-hydroxylation sites is 1. The van der Waals surface area contributed by atoms with E-state index in [1.54, 1.807) is 18.2 Å². The lowest BCUT2D eigenvalue weighted by atomic mass is 10.1. The first-order valence-corrected chi connectivity index (χ1v) is 10.1. The zero-order valence-corrected chi connectivity index (χ0v) is 17.6. The predicted molar refractivity (Wildman–Crippen MR) is 119 cm³/mol. The summed E-state index contributed by atoms with van der Waals surface area (Å²) in [7, 11) is 1.32. The smallest absolute Gasteiger partial charge is 0.339 e. The van der Waals surface area contributed by atoms with Crippen LogP contribution in [0.15, 0.2) is 42.5 Å². The Hall–Kier alpha value is -2.31. The first-order chi connectivity index (χ1) is 13.5. The molecule has 1 aliphatic heterocycles. The molecule has 7 heteroatoms. The van der Waals surface area contributed by atoms with Gasteiger partial charge in [0.15, 0.2) is 5.11 Å². The van der Waals surface area contributed by atoms with Crippen LogP contribution in [0.3, 0.4) is 0 Å². The molecular formula is C21H24ClN3O2S. The summed E-state index contributed by atoms with van der Waals surface area (Å²) in [6, 6.07) is 14.2.